The quantitative estimate of drug-likeness (QED) is 0.281. The van der Waals surface area contributed by atoms with Crippen LogP contribution in [0.5, 0.6) is 0 Å². The molecule has 8 nitrogen and oxygen atoms in total. The Labute approximate surface area is 138 Å². The van der Waals surface area contributed by atoms with Crippen LogP contribution >= 0.6 is 0 Å². The van der Waals surface area contributed by atoms with Crippen LogP contribution in [0.3, 0.4) is 0 Å². The van der Waals surface area contributed by atoms with Crippen molar-refractivity contribution >= 4 is 17.8 Å². The summed E-state index contributed by atoms with van der Waals surface area (Å²) in [6.45, 7) is 6.92. The summed E-state index contributed by atoms with van der Waals surface area (Å²) in [4.78, 5) is 28.9. The van der Waals surface area contributed by atoms with Crippen molar-refractivity contribution in [2.24, 2.45) is 4.99 Å². The minimum absolute atomic E-state index is 0.0295. The molecule has 0 atom stereocenters. The molecule has 0 aromatic heterocycles. The molecular weight excluding hydrogens is 300 g/mol. The number of guanidine groups is 1. The molecule has 0 radical (unpaired) electrons. The van der Waals surface area contributed by atoms with E-state index in [0.29, 0.717) is 25.7 Å². The Morgan fingerprint density at radius 2 is 1.74 bits per heavy atom. The number of carbonyl (C=O) groups is 2. The Morgan fingerprint density at radius 1 is 1.13 bits per heavy atom. The van der Waals surface area contributed by atoms with Crippen LogP contribution < -0.4 is 10.6 Å². The van der Waals surface area contributed by atoms with Crippen molar-refractivity contribution in [1.29, 1.82) is 0 Å². The van der Waals surface area contributed by atoms with Gasteiger partial charge in [-0.05, 0) is 20.8 Å². The van der Waals surface area contributed by atoms with Crippen LogP contribution in [0.4, 0.5) is 0 Å². The second-order valence-corrected chi connectivity index (χ2v) is 6.14. The maximum atomic E-state index is 11.7. The Balaban J connectivity index is 4.38. The number of nitrogens with zero attached hydrogens (tertiary/aromatic N) is 2. The maximum Gasteiger partial charge on any atom is 0.308 e. The van der Waals surface area contributed by atoms with Crippen LogP contribution in [0.2, 0.25) is 0 Å². The lowest BCUT2D eigenvalue weighted by Gasteiger charge is -2.19. The number of ether oxygens (including phenoxy) is 2. The normalized spacial score (nSPS) is 11.8. The molecule has 0 spiro atoms. The largest absolute Gasteiger partial charge is 0.460 e. The van der Waals surface area contributed by atoms with Crippen molar-refractivity contribution in [1.82, 2.24) is 15.5 Å². The monoisotopic (exact) mass is 330 g/mol. The number of carbonyl (C=O) groups excluding carboxylic acids is 2. The lowest BCUT2D eigenvalue weighted by Crippen LogP contribution is -2.41. The Kier molecular flexibility index (Phi) is 9.96. The molecule has 8 heteroatoms. The standard InChI is InChI=1S/C15H30N4O4/c1-15(2,3)23-13(21)7-8-16-14(17-9-10-22-6)18-11-12(20)19(4)5/h7-11H2,1-6H3,(H2,16,17,18). The Morgan fingerprint density at radius 3 is 2.26 bits per heavy atom. The first kappa shape index (κ1) is 21.2. The van der Waals surface area contributed by atoms with E-state index in [0.717, 1.165) is 0 Å². The van der Waals surface area contributed by atoms with Gasteiger partial charge in [0.2, 0.25) is 5.91 Å². The summed E-state index contributed by atoms with van der Waals surface area (Å²) in [5.41, 5.74) is -0.497. The van der Waals surface area contributed by atoms with Gasteiger partial charge < -0.3 is 25.0 Å². The zero-order valence-electron chi connectivity index (χ0n) is 15.1. The summed E-state index contributed by atoms with van der Waals surface area (Å²) >= 11 is 0. The topological polar surface area (TPSA) is 92.3 Å². The van der Waals surface area contributed by atoms with Gasteiger partial charge in [0.15, 0.2) is 5.96 Å². The number of methoxy groups -OCH3 is 1. The first-order chi connectivity index (χ1) is 10.7. The van der Waals surface area contributed by atoms with Crippen molar-refractivity contribution in [2.75, 3.05) is 47.4 Å². The van der Waals surface area contributed by atoms with Gasteiger partial charge in [0, 0.05) is 34.3 Å². The number of aliphatic imine (C=N–C) groups is 1. The van der Waals surface area contributed by atoms with Gasteiger partial charge >= 0.3 is 5.97 Å². The minimum Gasteiger partial charge on any atom is -0.460 e. The summed E-state index contributed by atoms with van der Waals surface area (Å²) in [7, 11) is 4.95. The van der Waals surface area contributed by atoms with Crippen molar-refractivity contribution < 1.29 is 19.1 Å². The smallest absolute Gasteiger partial charge is 0.308 e. The second-order valence-electron chi connectivity index (χ2n) is 6.14. The van der Waals surface area contributed by atoms with E-state index in [4.69, 9.17) is 9.47 Å². The predicted molar refractivity (Wildman–Crippen MR) is 89.3 cm³/mol. The van der Waals surface area contributed by atoms with Gasteiger partial charge in [-0.1, -0.05) is 0 Å². The molecule has 1 amide bonds. The SMILES string of the molecule is COCCNC(=NCC(=O)N(C)C)NCCC(=O)OC(C)(C)C. The van der Waals surface area contributed by atoms with Crippen LogP contribution in [0.1, 0.15) is 27.2 Å². The van der Waals surface area contributed by atoms with E-state index in [1.54, 1.807) is 21.2 Å². The van der Waals surface area contributed by atoms with Gasteiger partial charge in [-0.25, -0.2) is 4.99 Å². The number of nitrogens with one attached hydrogen (secondary N) is 2. The molecule has 134 valence electrons. The fourth-order valence-electron chi connectivity index (χ4n) is 1.41. The van der Waals surface area contributed by atoms with Crippen LogP contribution in [0.15, 0.2) is 4.99 Å². The van der Waals surface area contributed by atoms with E-state index in [1.807, 2.05) is 20.8 Å². The molecule has 0 bridgehead atoms. The molecule has 0 rings (SSSR count). The van der Waals surface area contributed by atoms with Crippen LogP contribution in [-0.2, 0) is 19.1 Å². The first-order valence-electron chi connectivity index (χ1n) is 7.59. The van der Waals surface area contributed by atoms with Crippen LogP contribution in [-0.4, -0.2) is 75.8 Å². The van der Waals surface area contributed by atoms with Gasteiger partial charge in [-0.15, -0.1) is 0 Å². The van der Waals surface area contributed by atoms with E-state index in [2.05, 4.69) is 15.6 Å². The van der Waals surface area contributed by atoms with Gasteiger partial charge in [0.25, 0.3) is 0 Å². The lowest BCUT2D eigenvalue weighted by atomic mass is 10.2. The third kappa shape index (κ3) is 12.4. The lowest BCUT2D eigenvalue weighted by molar-refractivity contribution is -0.154. The fraction of sp³-hybridized carbons (Fsp3) is 0.800. The number of likely N-dealkylation sites (N-methyl/N-ethyl adjacent to an activating group) is 1. The Hall–Kier alpha value is -1.83. The van der Waals surface area contributed by atoms with Gasteiger partial charge in [-0.2, -0.15) is 0 Å². The van der Waals surface area contributed by atoms with Crippen molar-refractivity contribution in [3.63, 3.8) is 0 Å². The highest BCUT2D eigenvalue weighted by atomic mass is 16.6. The number of esters is 1. The molecule has 0 aromatic rings. The van der Waals surface area contributed by atoms with E-state index in [9.17, 15) is 9.59 Å². The minimum atomic E-state index is -0.497. The van der Waals surface area contributed by atoms with Crippen molar-refractivity contribution in [3.8, 4) is 0 Å². The van der Waals surface area contributed by atoms with Gasteiger partial charge in [0.1, 0.15) is 12.1 Å². The molecule has 0 heterocycles. The van der Waals surface area contributed by atoms with E-state index in [1.165, 1.54) is 4.90 Å². The second kappa shape index (κ2) is 10.8. The molecule has 0 fully saturated rings. The first-order valence-corrected chi connectivity index (χ1v) is 7.59. The average Bonchev–Trinajstić information content (AvgIpc) is 2.41. The highest BCUT2D eigenvalue weighted by Crippen LogP contribution is 2.07. The zero-order valence-corrected chi connectivity index (χ0v) is 15.1. The number of hydrogen-bond acceptors (Lipinski definition) is 5. The molecule has 0 aliphatic carbocycles. The molecule has 23 heavy (non-hydrogen) atoms. The van der Waals surface area contributed by atoms with Gasteiger partial charge in [0.05, 0.1) is 13.0 Å². The number of hydrogen-bond donors (Lipinski definition) is 2. The molecule has 0 aromatic carbocycles. The molecule has 0 saturated carbocycles. The van der Waals surface area contributed by atoms with E-state index >= 15 is 0 Å². The van der Waals surface area contributed by atoms with E-state index < -0.39 is 5.60 Å². The third-order valence-electron chi connectivity index (χ3n) is 2.51. The maximum absolute atomic E-state index is 11.7. The van der Waals surface area contributed by atoms with Crippen LogP contribution in [0, 0.1) is 0 Å². The molecule has 0 aliphatic heterocycles. The Bertz CT molecular complexity index is 403. The number of amides is 1. The summed E-state index contributed by atoms with van der Waals surface area (Å²) in [6.07, 6.45) is 0.212. The third-order valence-corrected chi connectivity index (χ3v) is 2.51. The summed E-state index contributed by atoms with van der Waals surface area (Å²) in [5, 5.41) is 6.03. The predicted octanol–water partition coefficient (Wildman–Crippen LogP) is -0.0120. The summed E-state index contributed by atoms with van der Waals surface area (Å²) in [5.74, 6) is 0.0661. The van der Waals surface area contributed by atoms with Crippen molar-refractivity contribution in [3.05, 3.63) is 0 Å². The van der Waals surface area contributed by atoms with Crippen LogP contribution in [0.25, 0.3) is 0 Å². The van der Waals surface area contributed by atoms with E-state index in [-0.39, 0.29) is 24.8 Å². The molecule has 0 aliphatic rings. The van der Waals surface area contributed by atoms with Gasteiger partial charge in [-0.3, -0.25) is 9.59 Å². The number of rotatable bonds is 8. The zero-order chi connectivity index (χ0) is 17.9. The molecule has 0 unspecified atom stereocenters. The molecular formula is C15H30N4O4. The fourth-order valence-corrected chi connectivity index (χ4v) is 1.41. The molecule has 0 saturated heterocycles. The highest BCUT2D eigenvalue weighted by Gasteiger charge is 2.15. The summed E-state index contributed by atoms with van der Waals surface area (Å²) in [6, 6.07) is 0. The summed E-state index contributed by atoms with van der Waals surface area (Å²) < 4.78 is 10.2. The highest BCUT2D eigenvalue weighted by molar-refractivity contribution is 5.85. The van der Waals surface area contributed by atoms with Crippen molar-refractivity contribution in [2.45, 2.75) is 32.8 Å². The molecule has 2 N–H and O–H groups in total. The average molecular weight is 330 g/mol.